The van der Waals surface area contributed by atoms with E-state index in [4.69, 9.17) is 18.9 Å². The second-order valence-corrected chi connectivity index (χ2v) is 17.3. The molecule has 60 heavy (non-hydrogen) atoms. The summed E-state index contributed by atoms with van der Waals surface area (Å²) in [7, 11) is 0. The van der Waals surface area contributed by atoms with E-state index >= 15 is 0 Å². The van der Waals surface area contributed by atoms with Crippen LogP contribution in [-0.2, 0) is 19.1 Å². The number of hydrogen-bond acceptors (Lipinski definition) is 6. The Morgan fingerprint density at radius 1 is 0.333 bits per heavy atom. The number of benzene rings is 3. The van der Waals surface area contributed by atoms with Crippen molar-refractivity contribution < 1.29 is 28.5 Å². The fourth-order valence-corrected chi connectivity index (χ4v) is 8.14. The molecule has 0 spiro atoms. The van der Waals surface area contributed by atoms with Crippen molar-refractivity contribution in [2.45, 2.75) is 219 Å². The standard InChI is InChI=1S/C54H86O6/c1-3-5-43-57-51(55)41-29-25-21-17-13-9-7-11-15-19-23-27-35-45-59-53-47-37-31-33-39-49(47)54(50-40-34-32-38-48(50)53)60-46-36-28-24-20-16-12-8-10-14-18-22-26-30-42-52(56)58-44-6-4-2/h31-34,37-40H,3-30,35-36,41-46H2,1-2H3. The van der Waals surface area contributed by atoms with Gasteiger partial charge in [0.05, 0.1) is 26.4 Å². The van der Waals surface area contributed by atoms with Crippen LogP contribution in [0.3, 0.4) is 0 Å². The molecular formula is C54H86O6. The average Bonchev–Trinajstić information content (AvgIpc) is 3.26. The number of hydrogen-bond donors (Lipinski definition) is 0. The lowest BCUT2D eigenvalue weighted by molar-refractivity contribution is -0.144. The van der Waals surface area contributed by atoms with Crippen molar-refractivity contribution in [3.63, 3.8) is 0 Å². The van der Waals surface area contributed by atoms with E-state index in [1.54, 1.807) is 0 Å². The van der Waals surface area contributed by atoms with Crippen LogP contribution in [0.25, 0.3) is 21.5 Å². The Morgan fingerprint density at radius 3 is 0.850 bits per heavy atom. The SMILES string of the molecule is CCCCOC(=O)CCCCCCCCCCCCCCCOc1c2ccccc2c(OCCCCCCCCCCCCCCCC(=O)OCCCC)c2ccccc12. The molecule has 0 heterocycles. The van der Waals surface area contributed by atoms with Crippen LogP contribution < -0.4 is 9.47 Å². The van der Waals surface area contributed by atoms with Gasteiger partial charge in [0.1, 0.15) is 11.5 Å². The molecule has 0 unspecified atom stereocenters. The maximum absolute atomic E-state index is 11.7. The molecule has 0 radical (unpaired) electrons. The molecule has 0 aliphatic rings. The highest BCUT2D eigenvalue weighted by atomic mass is 16.5. The predicted octanol–water partition coefficient (Wildman–Crippen LogP) is 16.4. The minimum absolute atomic E-state index is 0.0191. The van der Waals surface area contributed by atoms with Gasteiger partial charge in [-0.3, -0.25) is 9.59 Å². The maximum Gasteiger partial charge on any atom is 0.305 e. The number of carbonyl (C=O) groups excluding carboxylic acids is 2. The summed E-state index contributed by atoms with van der Waals surface area (Å²) in [6.07, 6.45) is 37.7. The van der Waals surface area contributed by atoms with E-state index in [0.29, 0.717) is 26.1 Å². The number of unbranched alkanes of at least 4 members (excludes halogenated alkanes) is 26. The fraction of sp³-hybridized carbons (Fsp3) is 0.704. The molecule has 6 heteroatoms. The molecule has 0 bridgehead atoms. The summed E-state index contributed by atoms with van der Waals surface area (Å²) in [5.41, 5.74) is 0. The minimum Gasteiger partial charge on any atom is -0.492 e. The number of fused-ring (bicyclic) bond motifs is 2. The summed E-state index contributed by atoms with van der Waals surface area (Å²) >= 11 is 0. The van der Waals surface area contributed by atoms with E-state index in [9.17, 15) is 9.59 Å². The average molecular weight is 831 g/mol. The normalized spacial score (nSPS) is 11.4. The molecule has 3 aromatic rings. The van der Waals surface area contributed by atoms with Crippen LogP contribution in [0.4, 0.5) is 0 Å². The predicted molar refractivity (Wildman–Crippen MR) is 253 cm³/mol. The number of rotatable bonds is 40. The Morgan fingerprint density at radius 2 is 0.583 bits per heavy atom. The van der Waals surface area contributed by atoms with E-state index < -0.39 is 0 Å². The summed E-state index contributed by atoms with van der Waals surface area (Å²) in [6, 6.07) is 17.2. The number of ether oxygens (including phenoxy) is 4. The second kappa shape index (κ2) is 35.3. The van der Waals surface area contributed by atoms with E-state index in [-0.39, 0.29) is 11.9 Å². The topological polar surface area (TPSA) is 71.1 Å². The van der Waals surface area contributed by atoms with Crippen LogP contribution in [0.1, 0.15) is 219 Å². The Kier molecular flexibility index (Phi) is 30.1. The largest absolute Gasteiger partial charge is 0.492 e. The summed E-state index contributed by atoms with van der Waals surface area (Å²) in [6.45, 7) is 6.88. The lowest BCUT2D eigenvalue weighted by atomic mass is 10.0. The third kappa shape index (κ3) is 23.1. The van der Waals surface area contributed by atoms with Gasteiger partial charge in [-0.2, -0.15) is 0 Å². The summed E-state index contributed by atoms with van der Waals surface area (Å²) in [4.78, 5) is 23.4. The lowest BCUT2D eigenvalue weighted by Gasteiger charge is -2.18. The monoisotopic (exact) mass is 831 g/mol. The first-order chi connectivity index (χ1) is 29.7. The van der Waals surface area contributed by atoms with Crippen LogP contribution in [0.15, 0.2) is 48.5 Å². The van der Waals surface area contributed by atoms with Gasteiger partial charge in [0, 0.05) is 34.4 Å². The molecule has 0 aromatic heterocycles. The van der Waals surface area contributed by atoms with E-state index in [1.165, 1.54) is 128 Å². The molecule has 0 aliphatic heterocycles. The smallest absolute Gasteiger partial charge is 0.305 e. The molecule has 3 rings (SSSR count). The first-order valence-corrected chi connectivity index (χ1v) is 25.2. The van der Waals surface area contributed by atoms with Crippen molar-refractivity contribution in [1.82, 2.24) is 0 Å². The zero-order valence-corrected chi connectivity index (χ0v) is 38.5. The van der Waals surface area contributed by atoms with Crippen molar-refractivity contribution in [3.05, 3.63) is 48.5 Å². The molecule has 0 fully saturated rings. The second-order valence-electron chi connectivity index (χ2n) is 17.3. The van der Waals surface area contributed by atoms with Crippen molar-refractivity contribution in [2.24, 2.45) is 0 Å². The van der Waals surface area contributed by atoms with Crippen LogP contribution in [0.2, 0.25) is 0 Å². The summed E-state index contributed by atoms with van der Waals surface area (Å²) < 4.78 is 23.6. The first kappa shape index (κ1) is 51.1. The quantitative estimate of drug-likeness (QED) is 0.0323. The van der Waals surface area contributed by atoms with Crippen LogP contribution in [0.5, 0.6) is 11.5 Å². The minimum atomic E-state index is -0.0191. The van der Waals surface area contributed by atoms with Gasteiger partial charge in [-0.25, -0.2) is 0 Å². The fourth-order valence-electron chi connectivity index (χ4n) is 8.14. The molecular weight excluding hydrogens is 745 g/mol. The van der Waals surface area contributed by atoms with Gasteiger partial charge in [-0.1, -0.05) is 216 Å². The molecule has 338 valence electrons. The highest BCUT2D eigenvalue weighted by molar-refractivity contribution is 6.11. The zero-order valence-electron chi connectivity index (χ0n) is 38.5. The highest BCUT2D eigenvalue weighted by Crippen LogP contribution is 2.43. The van der Waals surface area contributed by atoms with Gasteiger partial charge in [0.15, 0.2) is 0 Å². The van der Waals surface area contributed by atoms with Crippen LogP contribution >= 0.6 is 0 Å². The van der Waals surface area contributed by atoms with Gasteiger partial charge < -0.3 is 18.9 Å². The van der Waals surface area contributed by atoms with Crippen molar-refractivity contribution >= 4 is 33.5 Å². The van der Waals surface area contributed by atoms with Crippen molar-refractivity contribution in [2.75, 3.05) is 26.4 Å². The van der Waals surface area contributed by atoms with Gasteiger partial charge in [-0.15, -0.1) is 0 Å². The first-order valence-electron chi connectivity index (χ1n) is 25.2. The maximum atomic E-state index is 11.7. The Labute approximate surface area is 366 Å². The van der Waals surface area contributed by atoms with Crippen LogP contribution in [-0.4, -0.2) is 38.4 Å². The zero-order chi connectivity index (χ0) is 42.6. The van der Waals surface area contributed by atoms with E-state index in [0.717, 1.165) is 110 Å². The number of esters is 2. The number of carbonyl (C=O) groups is 2. The third-order valence-corrected chi connectivity index (χ3v) is 11.9. The molecule has 6 nitrogen and oxygen atoms in total. The van der Waals surface area contributed by atoms with Gasteiger partial charge in [0.25, 0.3) is 0 Å². The van der Waals surface area contributed by atoms with Gasteiger partial charge in [0.2, 0.25) is 0 Å². The van der Waals surface area contributed by atoms with Crippen LogP contribution in [0, 0.1) is 0 Å². The Bertz CT molecular complexity index is 1350. The molecule has 0 aliphatic carbocycles. The van der Waals surface area contributed by atoms with Gasteiger partial charge in [-0.05, 0) is 38.5 Å². The Balaban J connectivity index is 1.21. The van der Waals surface area contributed by atoms with Crippen molar-refractivity contribution in [1.29, 1.82) is 0 Å². The van der Waals surface area contributed by atoms with E-state index in [2.05, 4.69) is 62.4 Å². The lowest BCUT2D eigenvalue weighted by Crippen LogP contribution is -2.05. The molecule has 0 amide bonds. The summed E-state index contributed by atoms with van der Waals surface area (Å²) in [5.74, 6) is 1.95. The highest BCUT2D eigenvalue weighted by Gasteiger charge is 2.16. The molecule has 0 atom stereocenters. The molecule has 0 N–H and O–H groups in total. The molecule has 0 saturated heterocycles. The third-order valence-electron chi connectivity index (χ3n) is 11.9. The van der Waals surface area contributed by atoms with E-state index in [1.807, 2.05) is 0 Å². The van der Waals surface area contributed by atoms with Gasteiger partial charge >= 0.3 is 11.9 Å². The Hall–Kier alpha value is -3.28. The summed E-state index contributed by atoms with van der Waals surface area (Å²) in [5, 5.41) is 4.59. The molecule has 0 saturated carbocycles. The van der Waals surface area contributed by atoms with Crippen molar-refractivity contribution in [3.8, 4) is 11.5 Å². The molecule has 3 aromatic carbocycles.